The van der Waals surface area contributed by atoms with Crippen molar-refractivity contribution in [1.82, 2.24) is 0 Å². The van der Waals surface area contributed by atoms with Gasteiger partial charge in [-0.25, -0.2) is 0 Å². The molecule has 0 unspecified atom stereocenters. The molecule has 2 aromatic carbocycles. The van der Waals surface area contributed by atoms with Crippen molar-refractivity contribution in [3.63, 3.8) is 0 Å². The van der Waals surface area contributed by atoms with Crippen molar-refractivity contribution in [3.8, 4) is 0 Å². The number of nitro benzene ring substituents is 1. The maximum absolute atomic E-state index is 12.7. The summed E-state index contributed by atoms with van der Waals surface area (Å²) in [6.07, 6.45) is 0.939. The Hall–Kier alpha value is -2.53. The number of rotatable bonds is 4. The fraction of sp³-hybridized carbons (Fsp3) is 0.316. The van der Waals surface area contributed by atoms with E-state index in [4.69, 9.17) is 0 Å². The van der Waals surface area contributed by atoms with Crippen LogP contribution in [0.5, 0.6) is 0 Å². The van der Waals surface area contributed by atoms with Crippen LogP contribution in [0.2, 0.25) is 0 Å². The Labute approximate surface area is 141 Å². The minimum atomic E-state index is -0.465. The minimum Gasteiger partial charge on any atom is -0.313 e. The smallest absolute Gasteiger partial charge is 0.270 e. The molecule has 5 heteroatoms. The van der Waals surface area contributed by atoms with Crippen LogP contribution >= 0.6 is 0 Å². The quantitative estimate of drug-likeness (QED) is 0.375. The van der Waals surface area contributed by atoms with Crippen LogP contribution in [0, 0.1) is 10.1 Å². The zero-order chi connectivity index (χ0) is 17.3. The molecular formula is C19H21N2O3+. The summed E-state index contributed by atoms with van der Waals surface area (Å²) < 4.78 is 0.624. The number of ketones is 1. The standard InChI is InChI=1S/C19H21N2O3/c1-14-10-15-6-3-4-7-17(15)12-21(14,2)13-19(22)16-8-5-9-18(11-16)20(23)24/h3-9,11,14H,10,12-13H2,1-2H3/q+1/t14-,21-/m1/s1. The van der Waals surface area contributed by atoms with Crippen molar-refractivity contribution in [2.75, 3.05) is 13.6 Å². The second-order valence-corrected chi connectivity index (χ2v) is 6.85. The molecule has 0 N–H and O–H groups in total. The third-order valence-corrected chi connectivity index (χ3v) is 5.11. The Balaban J connectivity index is 1.83. The van der Waals surface area contributed by atoms with Crippen LogP contribution in [0.15, 0.2) is 48.5 Å². The van der Waals surface area contributed by atoms with E-state index < -0.39 is 4.92 Å². The number of non-ortho nitro benzene ring substituents is 1. The lowest BCUT2D eigenvalue weighted by Gasteiger charge is -2.43. The van der Waals surface area contributed by atoms with Crippen molar-refractivity contribution in [2.24, 2.45) is 0 Å². The Morgan fingerprint density at radius 1 is 1.21 bits per heavy atom. The summed E-state index contributed by atoms with van der Waals surface area (Å²) in [5, 5.41) is 10.9. The maximum Gasteiger partial charge on any atom is 0.270 e. The van der Waals surface area contributed by atoms with Crippen molar-refractivity contribution in [3.05, 3.63) is 75.3 Å². The molecule has 1 heterocycles. The summed E-state index contributed by atoms with van der Waals surface area (Å²) in [5.74, 6) is -0.0487. The molecule has 24 heavy (non-hydrogen) atoms. The third-order valence-electron chi connectivity index (χ3n) is 5.11. The van der Waals surface area contributed by atoms with Gasteiger partial charge in [0.15, 0.2) is 0 Å². The number of nitrogens with zero attached hydrogens (tertiary/aromatic N) is 2. The lowest BCUT2D eigenvalue weighted by atomic mass is 9.92. The average molecular weight is 325 g/mol. The Bertz CT molecular complexity index is 803. The summed E-state index contributed by atoms with van der Waals surface area (Å²) in [4.78, 5) is 23.2. The first-order valence-electron chi connectivity index (χ1n) is 8.08. The van der Waals surface area contributed by atoms with Crippen LogP contribution in [-0.4, -0.2) is 34.8 Å². The van der Waals surface area contributed by atoms with Crippen LogP contribution in [-0.2, 0) is 13.0 Å². The molecule has 0 fully saturated rings. The van der Waals surface area contributed by atoms with E-state index in [9.17, 15) is 14.9 Å². The Morgan fingerprint density at radius 2 is 1.92 bits per heavy atom. The molecule has 2 atom stereocenters. The van der Waals surface area contributed by atoms with Crippen LogP contribution < -0.4 is 0 Å². The largest absolute Gasteiger partial charge is 0.313 e. The summed E-state index contributed by atoms with van der Waals surface area (Å²) in [7, 11) is 2.09. The van der Waals surface area contributed by atoms with Gasteiger partial charge in [-0.2, -0.15) is 0 Å². The first kappa shape index (κ1) is 16.3. The van der Waals surface area contributed by atoms with Crippen LogP contribution in [0.1, 0.15) is 28.4 Å². The highest BCUT2D eigenvalue weighted by atomic mass is 16.6. The number of likely N-dealkylation sites (N-methyl/N-ethyl adjacent to an activating group) is 1. The lowest BCUT2D eigenvalue weighted by molar-refractivity contribution is -0.938. The first-order chi connectivity index (χ1) is 11.4. The molecule has 0 amide bonds. The molecule has 0 saturated carbocycles. The Morgan fingerprint density at radius 3 is 2.62 bits per heavy atom. The van der Waals surface area contributed by atoms with E-state index in [0.717, 1.165) is 13.0 Å². The van der Waals surface area contributed by atoms with Gasteiger partial charge < -0.3 is 4.48 Å². The van der Waals surface area contributed by atoms with Gasteiger partial charge in [-0.3, -0.25) is 14.9 Å². The molecule has 2 aromatic rings. The highest BCUT2D eigenvalue weighted by Gasteiger charge is 2.37. The SMILES string of the molecule is C[C@@H]1Cc2ccccc2C[N@+]1(C)CC(=O)c1cccc([N+](=O)[O-])c1. The highest BCUT2D eigenvalue weighted by Crippen LogP contribution is 2.29. The van der Waals surface area contributed by atoms with E-state index in [1.807, 2.05) is 6.07 Å². The normalized spacial score (nSPS) is 22.7. The molecule has 0 aromatic heterocycles. The average Bonchev–Trinajstić information content (AvgIpc) is 2.56. The number of carbonyl (C=O) groups is 1. The van der Waals surface area contributed by atoms with Crippen LogP contribution in [0.4, 0.5) is 5.69 Å². The molecule has 5 nitrogen and oxygen atoms in total. The van der Waals surface area contributed by atoms with E-state index in [-0.39, 0.29) is 11.5 Å². The fourth-order valence-electron chi connectivity index (χ4n) is 3.42. The van der Waals surface area contributed by atoms with E-state index in [0.29, 0.717) is 22.6 Å². The number of quaternary nitrogens is 1. The number of carbonyl (C=O) groups excluding carboxylic acids is 1. The highest BCUT2D eigenvalue weighted by molar-refractivity contribution is 5.97. The summed E-state index contributed by atoms with van der Waals surface area (Å²) >= 11 is 0. The van der Waals surface area contributed by atoms with E-state index in [1.54, 1.807) is 12.1 Å². The molecule has 0 spiro atoms. The van der Waals surface area contributed by atoms with E-state index in [1.165, 1.54) is 23.3 Å². The number of fused-ring (bicyclic) bond motifs is 1. The number of benzene rings is 2. The van der Waals surface area contributed by atoms with E-state index >= 15 is 0 Å². The van der Waals surface area contributed by atoms with Crippen molar-refractivity contribution in [2.45, 2.75) is 25.9 Å². The van der Waals surface area contributed by atoms with Crippen molar-refractivity contribution in [1.29, 1.82) is 0 Å². The van der Waals surface area contributed by atoms with Gasteiger partial charge in [-0.05, 0) is 12.5 Å². The van der Waals surface area contributed by atoms with Gasteiger partial charge in [-0.1, -0.05) is 36.4 Å². The molecule has 124 valence electrons. The topological polar surface area (TPSA) is 60.2 Å². The van der Waals surface area contributed by atoms with Gasteiger partial charge in [0.05, 0.1) is 18.0 Å². The van der Waals surface area contributed by atoms with Crippen molar-refractivity contribution < 1.29 is 14.2 Å². The second kappa shape index (κ2) is 6.17. The summed E-state index contributed by atoms with van der Waals surface area (Å²) in [6, 6.07) is 14.7. The fourth-order valence-corrected chi connectivity index (χ4v) is 3.42. The van der Waals surface area contributed by atoms with Gasteiger partial charge >= 0.3 is 0 Å². The molecule has 3 rings (SSSR count). The number of hydrogen-bond donors (Lipinski definition) is 0. The molecule has 1 aliphatic heterocycles. The predicted octanol–water partition coefficient (Wildman–Crippen LogP) is 3.37. The van der Waals surface area contributed by atoms with E-state index in [2.05, 4.69) is 32.2 Å². The monoisotopic (exact) mass is 325 g/mol. The van der Waals surface area contributed by atoms with Gasteiger partial charge in [0.2, 0.25) is 5.78 Å². The molecule has 1 aliphatic rings. The number of Topliss-reactive ketones (excluding diaryl/α,β-unsaturated/α-hetero) is 1. The maximum atomic E-state index is 12.7. The van der Waals surface area contributed by atoms with Gasteiger partial charge in [0.1, 0.15) is 13.1 Å². The van der Waals surface area contributed by atoms with Gasteiger partial charge in [0.25, 0.3) is 5.69 Å². The van der Waals surface area contributed by atoms with Gasteiger partial charge in [-0.15, -0.1) is 0 Å². The van der Waals surface area contributed by atoms with Crippen molar-refractivity contribution >= 4 is 11.5 Å². The zero-order valence-electron chi connectivity index (χ0n) is 13.9. The molecule has 0 aliphatic carbocycles. The minimum absolute atomic E-state index is 0.0412. The molecule has 0 radical (unpaired) electrons. The third kappa shape index (κ3) is 3.08. The Kier molecular flexibility index (Phi) is 4.20. The molecule has 0 saturated heterocycles. The predicted molar refractivity (Wildman–Crippen MR) is 91.8 cm³/mol. The molecular weight excluding hydrogens is 304 g/mol. The molecule has 0 bridgehead atoms. The number of nitro groups is 1. The first-order valence-corrected chi connectivity index (χ1v) is 8.08. The van der Waals surface area contributed by atoms with Gasteiger partial charge in [0, 0.05) is 29.7 Å². The number of hydrogen-bond acceptors (Lipinski definition) is 3. The summed E-state index contributed by atoms with van der Waals surface area (Å²) in [6.45, 7) is 3.31. The zero-order valence-corrected chi connectivity index (χ0v) is 13.9. The lowest BCUT2D eigenvalue weighted by Crippen LogP contribution is -2.56. The van der Waals surface area contributed by atoms with Crippen LogP contribution in [0.25, 0.3) is 0 Å². The van der Waals surface area contributed by atoms with Crippen LogP contribution in [0.3, 0.4) is 0 Å². The summed E-state index contributed by atoms with van der Waals surface area (Å²) in [5.41, 5.74) is 3.00. The second-order valence-electron chi connectivity index (χ2n) is 6.85.